The highest BCUT2D eigenvalue weighted by atomic mass is 16.2. The SMILES string of the molecule is Cc1cc(C)n2nc(C(=O)N3CCCCC3CN)nc2n1. The summed E-state index contributed by atoms with van der Waals surface area (Å²) in [5.74, 6) is 0.529. The number of aromatic nitrogens is 4. The zero-order chi connectivity index (χ0) is 15.0. The van der Waals surface area contributed by atoms with Crippen LogP contribution in [0.5, 0.6) is 0 Å². The molecule has 0 spiro atoms. The largest absolute Gasteiger partial charge is 0.332 e. The third-order valence-electron chi connectivity index (χ3n) is 3.97. The van der Waals surface area contributed by atoms with Crippen molar-refractivity contribution >= 4 is 11.7 Å². The maximum Gasteiger partial charge on any atom is 0.293 e. The molecule has 2 N–H and O–H groups in total. The lowest BCUT2D eigenvalue weighted by molar-refractivity contribution is 0.0611. The number of carbonyl (C=O) groups excluding carboxylic acids is 1. The predicted molar refractivity (Wildman–Crippen MR) is 78.0 cm³/mol. The average Bonchev–Trinajstić information content (AvgIpc) is 2.90. The maximum absolute atomic E-state index is 12.6. The summed E-state index contributed by atoms with van der Waals surface area (Å²) < 4.78 is 1.61. The van der Waals surface area contributed by atoms with E-state index < -0.39 is 0 Å². The molecule has 21 heavy (non-hydrogen) atoms. The van der Waals surface area contributed by atoms with E-state index in [-0.39, 0.29) is 17.8 Å². The molecule has 1 amide bonds. The van der Waals surface area contributed by atoms with E-state index in [1.165, 1.54) is 0 Å². The third kappa shape index (κ3) is 2.49. The predicted octanol–water partition coefficient (Wildman–Crippen LogP) is 0.695. The van der Waals surface area contributed by atoms with Crippen LogP contribution >= 0.6 is 0 Å². The molecule has 1 aliphatic rings. The fraction of sp³-hybridized carbons (Fsp3) is 0.571. The fourth-order valence-corrected chi connectivity index (χ4v) is 2.90. The third-order valence-corrected chi connectivity index (χ3v) is 3.97. The molecule has 7 heteroatoms. The van der Waals surface area contributed by atoms with Crippen LogP contribution in [0.15, 0.2) is 6.07 Å². The van der Waals surface area contributed by atoms with Crippen molar-refractivity contribution in [3.63, 3.8) is 0 Å². The van der Waals surface area contributed by atoms with Crippen molar-refractivity contribution < 1.29 is 4.79 Å². The molecule has 0 bridgehead atoms. The van der Waals surface area contributed by atoms with Crippen molar-refractivity contribution in [2.24, 2.45) is 5.73 Å². The van der Waals surface area contributed by atoms with Gasteiger partial charge in [-0.05, 0) is 39.2 Å². The van der Waals surface area contributed by atoms with Gasteiger partial charge in [0.15, 0.2) is 0 Å². The van der Waals surface area contributed by atoms with Gasteiger partial charge in [0.2, 0.25) is 5.82 Å². The number of piperidine rings is 1. The Morgan fingerprint density at radius 1 is 1.38 bits per heavy atom. The number of rotatable bonds is 2. The first-order valence-corrected chi connectivity index (χ1v) is 7.32. The van der Waals surface area contributed by atoms with Crippen LogP contribution in [0.3, 0.4) is 0 Å². The lowest BCUT2D eigenvalue weighted by atomic mass is 10.0. The summed E-state index contributed by atoms with van der Waals surface area (Å²) in [5.41, 5.74) is 7.56. The highest BCUT2D eigenvalue weighted by molar-refractivity contribution is 5.91. The molecule has 1 unspecified atom stereocenters. The Morgan fingerprint density at radius 2 is 2.19 bits per heavy atom. The molecule has 1 atom stereocenters. The van der Waals surface area contributed by atoms with Gasteiger partial charge in [-0.25, -0.2) is 9.50 Å². The standard InChI is InChI=1S/C14H20N6O/c1-9-7-10(2)20-14(16-9)17-12(18-20)13(21)19-6-4-3-5-11(19)8-15/h7,11H,3-6,8,15H2,1-2H3. The summed E-state index contributed by atoms with van der Waals surface area (Å²) >= 11 is 0. The zero-order valence-corrected chi connectivity index (χ0v) is 12.4. The van der Waals surface area contributed by atoms with Crippen molar-refractivity contribution in [3.8, 4) is 0 Å². The second kappa shape index (κ2) is 5.40. The summed E-state index contributed by atoms with van der Waals surface area (Å²) in [6.07, 6.45) is 3.07. The Balaban J connectivity index is 1.96. The summed E-state index contributed by atoms with van der Waals surface area (Å²) in [5, 5.41) is 4.31. The molecule has 0 saturated carbocycles. The number of hydrogen-bond donors (Lipinski definition) is 1. The monoisotopic (exact) mass is 288 g/mol. The van der Waals surface area contributed by atoms with Gasteiger partial charge in [-0.1, -0.05) is 0 Å². The van der Waals surface area contributed by atoms with Crippen molar-refractivity contribution in [2.45, 2.75) is 39.2 Å². The molecule has 112 valence electrons. The van der Waals surface area contributed by atoms with Crippen LogP contribution in [0.2, 0.25) is 0 Å². The van der Waals surface area contributed by atoms with E-state index in [9.17, 15) is 4.79 Å². The molecule has 2 aromatic rings. The van der Waals surface area contributed by atoms with Crippen LogP contribution in [-0.4, -0.2) is 49.5 Å². The molecule has 3 rings (SSSR count). The van der Waals surface area contributed by atoms with Gasteiger partial charge in [-0.15, -0.1) is 5.10 Å². The Bertz CT molecular complexity index is 679. The second-order valence-corrected chi connectivity index (χ2v) is 5.57. The smallest absolute Gasteiger partial charge is 0.293 e. The minimum Gasteiger partial charge on any atom is -0.332 e. The summed E-state index contributed by atoms with van der Waals surface area (Å²) in [6, 6.07) is 2.01. The number of fused-ring (bicyclic) bond motifs is 1. The molecular weight excluding hydrogens is 268 g/mol. The molecule has 1 aliphatic heterocycles. The Kier molecular flexibility index (Phi) is 3.59. The Labute approximate surface area is 123 Å². The van der Waals surface area contributed by atoms with Gasteiger partial charge in [0.05, 0.1) is 0 Å². The van der Waals surface area contributed by atoms with Gasteiger partial charge < -0.3 is 10.6 Å². The van der Waals surface area contributed by atoms with Crippen LogP contribution in [0.1, 0.15) is 41.3 Å². The van der Waals surface area contributed by atoms with Crippen LogP contribution in [0.4, 0.5) is 0 Å². The second-order valence-electron chi connectivity index (χ2n) is 5.57. The van der Waals surface area contributed by atoms with Crippen LogP contribution in [-0.2, 0) is 0 Å². The minimum absolute atomic E-state index is 0.0913. The van der Waals surface area contributed by atoms with E-state index in [2.05, 4.69) is 15.1 Å². The number of aryl methyl sites for hydroxylation is 2. The van der Waals surface area contributed by atoms with Gasteiger partial charge >= 0.3 is 0 Å². The van der Waals surface area contributed by atoms with Crippen molar-refractivity contribution in [1.82, 2.24) is 24.5 Å². The first kappa shape index (κ1) is 13.9. The number of nitrogens with zero attached hydrogens (tertiary/aromatic N) is 5. The zero-order valence-electron chi connectivity index (χ0n) is 12.4. The molecule has 1 saturated heterocycles. The van der Waals surface area contributed by atoms with Crippen molar-refractivity contribution in [2.75, 3.05) is 13.1 Å². The quantitative estimate of drug-likeness (QED) is 0.878. The number of carbonyl (C=O) groups is 1. The lowest BCUT2D eigenvalue weighted by Gasteiger charge is -2.34. The van der Waals surface area contributed by atoms with Crippen molar-refractivity contribution in [3.05, 3.63) is 23.3 Å². The molecule has 7 nitrogen and oxygen atoms in total. The highest BCUT2D eigenvalue weighted by Gasteiger charge is 2.29. The molecular formula is C14H20N6O. The first-order chi connectivity index (χ1) is 10.1. The van der Waals surface area contributed by atoms with Crippen LogP contribution in [0, 0.1) is 13.8 Å². The topological polar surface area (TPSA) is 89.4 Å². The van der Waals surface area contributed by atoms with Gasteiger partial charge in [0, 0.05) is 30.5 Å². The first-order valence-electron chi connectivity index (χ1n) is 7.32. The van der Waals surface area contributed by atoms with Gasteiger partial charge in [0.25, 0.3) is 11.7 Å². The van der Waals surface area contributed by atoms with E-state index in [0.717, 1.165) is 37.2 Å². The van der Waals surface area contributed by atoms with Gasteiger partial charge in [-0.3, -0.25) is 4.79 Å². The van der Waals surface area contributed by atoms with Gasteiger partial charge in [-0.2, -0.15) is 4.98 Å². The van der Waals surface area contributed by atoms with E-state index in [1.54, 1.807) is 9.42 Å². The maximum atomic E-state index is 12.6. The molecule has 0 radical (unpaired) electrons. The van der Waals surface area contributed by atoms with Crippen molar-refractivity contribution in [1.29, 1.82) is 0 Å². The normalized spacial score (nSPS) is 19.2. The molecule has 3 heterocycles. The van der Waals surface area contributed by atoms with E-state index in [1.807, 2.05) is 19.9 Å². The molecule has 0 aliphatic carbocycles. The summed E-state index contributed by atoms with van der Waals surface area (Å²) in [4.78, 5) is 23.0. The number of nitrogens with two attached hydrogens (primary N) is 1. The summed E-state index contributed by atoms with van der Waals surface area (Å²) in [6.45, 7) is 5.03. The molecule has 2 aromatic heterocycles. The summed E-state index contributed by atoms with van der Waals surface area (Å²) in [7, 11) is 0. The molecule has 1 fully saturated rings. The van der Waals surface area contributed by atoms with E-state index >= 15 is 0 Å². The number of amides is 1. The van der Waals surface area contributed by atoms with E-state index in [4.69, 9.17) is 5.73 Å². The fourth-order valence-electron chi connectivity index (χ4n) is 2.90. The average molecular weight is 288 g/mol. The van der Waals surface area contributed by atoms with Crippen LogP contribution in [0.25, 0.3) is 5.78 Å². The number of hydrogen-bond acceptors (Lipinski definition) is 5. The van der Waals surface area contributed by atoms with E-state index in [0.29, 0.717) is 12.3 Å². The lowest BCUT2D eigenvalue weighted by Crippen LogP contribution is -2.47. The Morgan fingerprint density at radius 3 is 2.95 bits per heavy atom. The van der Waals surface area contributed by atoms with Gasteiger partial charge in [0.1, 0.15) is 0 Å². The molecule has 0 aromatic carbocycles. The van der Waals surface area contributed by atoms with Crippen LogP contribution < -0.4 is 5.73 Å². The minimum atomic E-state index is -0.146. The Hall–Kier alpha value is -2.02. The highest BCUT2D eigenvalue weighted by Crippen LogP contribution is 2.18. The number of likely N-dealkylation sites (tertiary alicyclic amines) is 1.